The van der Waals surface area contributed by atoms with Gasteiger partial charge < -0.3 is 38.8 Å². The molecule has 1 aliphatic rings. The molecule has 0 bridgehead atoms. The molecule has 2 atom stereocenters. The van der Waals surface area contributed by atoms with Crippen molar-refractivity contribution >= 4 is 32.3 Å². The SMILES string of the molecule is O=C(CCP(=O)(O)O)N1CC(OCCP(=O)(O)O)[C@H](n2cnc3c(=O)[nH]cnc32)C1. The highest BCUT2D eigenvalue weighted by atomic mass is 31.2. The monoisotopic (exact) mass is 465 g/mol. The van der Waals surface area contributed by atoms with Gasteiger partial charge in [0.15, 0.2) is 11.2 Å². The van der Waals surface area contributed by atoms with Crippen molar-refractivity contribution in [2.45, 2.75) is 18.6 Å². The lowest BCUT2D eigenvalue weighted by Gasteiger charge is -2.20. The summed E-state index contributed by atoms with van der Waals surface area (Å²) in [6, 6.07) is -0.569. The topological polar surface area (TPSA) is 208 Å². The molecule has 3 rings (SSSR count). The summed E-state index contributed by atoms with van der Waals surface area (Å²) in [5.74, 6) is -0.500. The van der Waals surface area contributed by atoms with Gasteiger partial charge in [0.25, 0.3) is 5.56 Å². The number of carbonyl (C=O) groups is 1. The number of aromatic amines is 1. The maximum atomic E-state index is 12.4. The molecule has 0 radical (unpaired) electrons. The van der Waals surface area contributed by atoms with Crippen LogP contribution in [0.5, 0.6) is 0 Å². The Balaban J connectivity index is 1.82. The second-order valence-electron chi connectivity index (χ2n) is 6.86. The van der Waals surface area contributed by atoms with Gasteiger partial charge >= 0.3 is 15.2 Å². The Kier molecular flexibility index (Phi) is 6.58. The van der Waals surface area contributed by atoms with Crippen LogP contribution < -0.4 is 5.56 Å². The highest BCUT2D eigenvalue weighted by Crippen LogP contribution is 2.36. The average molecular weight is 465 g/mol. The molecule has 1 unspecified atom stereocenters. The van der Waals surface area contributed by atoms with Crippen LogP contribution in [0.15, 0.2) is 17.4 Å². The standard InChI is InChI=1S/C14H21N5O9P2/c20-11(1-3-29(22,23)24)18-5-9(10(6-18)28-2-4-30(25,26)27)19-8-17-12-13(19)15-7-16-14(12)21/h7-10H,1-6H2,(H,15,16,21)(H2,22,23,24)(H2,25,26,27)/t9-,10?/m1/s1. The van der Waals surface area contributed by atoms with Crippen LogP contribution in [-0.2, 0) is 18.7 Å². The van der Waals surface area contributed by atoms with E-state index in [1.807, 2.05) is 0 Å². The molecule has 3 heterocycles. The van der Waals surface area contributed by atoms with Gasteiger partial charge in [-0.3, -0.25) is 18.7 Å². The van der Waals surface area contributed by atoms with Gasteiger partial charge in [0.1, 0.15) is 0 Å². The van der Waals surface area contributed by atoms with Crippen molar-refractivity contribution in [3.05, 3.63) is 23.0 Å². The van der Waals surface area contributed by atoms with E-state index in [4.69, 9.17) is 24.3 Å². The van der Waals surface area contributed by atoms with Crippen molar-refractivity contribution in [3.8, 4) is 0 Å². The van der Waals surface area contributed by atoms with Crippen LogP contribution in [-0.4, -0.2) is 88.0 Å². The van der Waals surface area contributed by atoms with E-state index < -0.39 is 51.1 Å². The Labute approximate surface area is 169 Å². The number of nitrogens with zero attached hydrogens (tertiary/aromatic N) is 4. The molecule has 166 valence electrons. The summed E-state index contributed by atoms with van der Waals surface area (Å²) in [6.45, 7) is -0.147. The minimum atomic E-state index is -4.34. The van der Waals surface area contributed by atoms with E-state index in [9.17, 15) is 18.7 Å². The summed E-state index contributed by atoms with van der Waals surface area (Å²) in [4.78, 5) is 72.2. The molecule has 5 N–H and O–H groups in total. The average Bonchev–Trinajstić information content (AvgIpc) is 3.23. The van der Waals surface area contributed by atoms with Crippen LogP contribution in [0.2, 0.25) is 0 Å². The Hall–Kier alpha value is -1.92. The second kappa shape index (κ2) is 8.67. The van der Waals surface area contributed by atoms with Crippen LogP contribution in [0.3, 0.4) is 0 Å². The van der Waals surface area contributed by atoms with Crippen molar-refractivity contribution in [1.82, 2.24) is 24.4 Å². The zero-order valence-corrected chi connectivity index (χ0v) is 17.4. The predicted molar refractivity (Wildman–Crippen MR) is 102 cm³/mol. The molecule has 16 heteroatoms. The van der Waals surface area contributed by atoms with Gasteiger partial charge in [0, 0.05) is 19.5 Å². The van der Waals surface area contributed by atoms with Crippen LogP contribution in [0, 0.1) is 0 Å². The van der Waals surface area contributed by atoms with E-state index in [0.717, 1.165) is 0 Å². The lowest BCUT2D eigenvalue weighted by molar-refractivity contribution is -0.130. The Bertz CT molecular complexity index is 1070. The zero-order chi connectivity index (χ0) is 22.1. The number of aromatic nitrogens is 4. The minimum absolute atomic E-state index is 0.0364. The summed E-state index contributed by atoms with van der Waals surface area (Å²) >= 11 is 0. The van der Waals surface area contributed by atoms with E-state index >= 15 is 0 Å². The molecular formula is C14H21N5O9P2. The molecule has 0 saturated carbocycles. The summed E-state index contributed by atoms with van der Waals surface area (Å²) in [7, 11) is -8.62. The van der Waals surface area contributed by atoms with Crippen LogP contribution >= 0.6 is 15.2 Å². The zero-order valence-electron chi connectivity index (χ0n) is 15.6. The number of amides is 1. The lowest BCUT2D eigenvalue weighted by atomic mass is 10.2. The first-order chi connectivity index (χ1) is 13.9. The van der Waals surface area contributed by atoms with Gasteiger partial charge in [-0.25, -0.2) is 9.97 Å². The highest BCUT2D eigenvalue weighted by Gasteiger charge is 2.38. The largest absolute Gasteiger partial charge is 0.373 e. The van der Waals surface area contributed by atoms with Crippen LogP contribution in [0.4, 0.5) is 0 Å². The molecule has 2 aromatic rings. The smallest absolute Gasteiger partial charge is 0.327 e. The number of likely N-dealkylation sites (tertiary alicyclic amines) is 1. The van der Waals surface area contributed by atoms with Crippen molar-refractivity contribution in [2.24, 2.45) is 0 Å². The highest BCUT2D eigenvalue weighted by molar-refractivity contribution is 7.52. The maximum Gasteiger partial charge on any atom is 0.327 e. The fourth-order valence-electron chi connectivity index (χ4n) is 3.22. The summed E-state index contributed by atoms with van der Waals surface area (Å²) in [6.07, 6.45) is 0.390. The van der Waals surface area contributed by atoms with E-state index in [2.05, 4.69) is 15.0 Å². The second-order valence-corrected chi connectivity index (χ2v) is 10.4. The van der Waals surface area contributed by atoms with Crippen molar-refractivity contribution in [1.29, 1.82) is 0 Å². The third-order valence-electron chi connectivity index (χ3n) is 4.64. The van der Waals surface area contributed by atoms with Gasteiger partial charge in [-0.2, -0.15) is 0 Å². The number of carbonyl (C=O) groups excluding carboxylic acids is 1. The van der Waals surface area contributed by atoms with Gasteiger partial charge in [0.05, 0.1) is 43.7 Å². The fraction of sp³-hybridized carbons (Fsp3) is 0.571. The Morgan fingerprint density at radius 2 is 1.87 bits per heavy atom. The number of ether oxygens (including phenoxy) is 1. The Morgan fingerprint density at radius 3 is 2.53 bits per heavy atom. The molecule has 14 nitrogen and oxygen atoms in total. The van der Waals surface area contributed by atoms with Gasteiger partial charge in [-0.15, -0.1) is 0 Å². The number of fused-ring (bicyclic) bond motifs is 1. The molecular weight excluding hydrogens is 444 g/mol. The van der Waals surface area contributed by atoms with E-state index in [1.165, 1.54) is 17.6 Å². The van der Waals surface area contributed by atoms with Gasteiger partial charge in [-0.05, 0) is 0 Å². The van der Waals surface area contributed by atoms with E-state index in [1.54, 1.807) is 4.57 Å². The first-order valence-electron chi connectivity index (χ1n) is 8.83. The first-order valence-corrected chi connectivity index (χ1v) is 12.4. The first kappa shape index (κ1) is 22.8. The number of imidazole rings is 1. The normalized spacial score (nSPS) is 20.2. The molecule has 1 fully saturated rings. The van der Waals surface area contributed by atoms with E-state index in [-0.39, 0.29) is 37.3 Å². The van der Waals surface area contributed by atoms with Gasteiger partial charge in [-0.1, -0.05) is 0 Å². The number of rotatable bonds is 8. The lowest BCUT2D eigenvalue weighted by Crippen LogP contribution is -2.30. The molecule has 30 heavy (non-hydrogen) atoms. The number of hydrogen-bond acceptors (Lipinski definition) is 7. The summed E-state index contributed by atoms with van der Waals surface area (Å²) in [5.41, 5.74) is -0.125. The third-order valence-corrected chi connectivity index (χ3v) is 6.21. The molecule has 0 spiro atoms. The minimum Gasteiger partial charge on any atom is -0.373 e. The van der Waals surface area contributed by atoms with Crippen LogP contribution in [0.25, 0.3) is 11.2 Å². The van der Waals surface area contributed by atoms with Crippen LogP contribution in [0.1, 0.15) is 12.5 Å². The molecule has 2 aromatic heterocycles. The molecule has 1 amide bonds. The maximum absolute atomic E-state index is 12.4. The fourth-order valence-corrected chi connectivity index (χ4v) is 4.05. The van der Waals surface area contributed by atoms with Crippen molar-refractivity contribution < 1.29 is 38.2 Å². The Morgan fingerprint density at radius 1 is 1.17 bits per heavy atom. The number of hydrogen-bond donors (Lipinski definition) is 5. The van der Waals surface area contributed by atoms with E-state index in [0.29, 0.717) is 0 Å². The molecule has 0 aromatic carbocycles. The predicted octanol–water partition coefficient (Wildman–Crippen LogP) is -1.37. The molecule has 1 saturated heterocycles. The quantitative estimate of drug-likeness (QED) is 0.287. The summed E-state index contributed by atoms with van der Waals surface area (Å²) < 4.78 is 29.3. The summed E-state index contributed by atoms with van der Waals surface area (Å²) in [5, 5.41) is 0. The van der Waals surface area contributed by atoms with Gasteiger partial charge in [0.2, 0.25) is 5.91 Å². The number of nitrogens with one attached hydrogen (secondary N) is 1. The van der Waals surface area contributed by atoms with Crippen molar-refractivity contribution in [3.63, 3.8) is 0 Å². The molecule has 0 aliphatic carbocycles. The third kappa shape index (κ3) is 5.61. The number of H-pyrrole nitrogens is 1. The van der Waals surface area contributed by atoms with Crippen molar-refractivity contribution in [2.75, 3.05) is 32.0 Å². The molecule has 1 aliphatic heterocycles.